The highest BCUT2D eigenvalue weighted by atomic mass is 16.5. The van der Waals surface area contributed by atoms with E-state index >= 15 is 0 Å². The number of benzene rings is 2. The van der Waals surface area contributed by atoms with Gasteiger partial charge in [0, 0.05) is 24.5 Å². The topological polar surface area (TPSA) is 34.6 Å². The van der Waals surface area contributed by atoms with Crippen LogP contribution in [0.3, 0.4) is 0 Å². The highest BCUT2D eigenvalue weighted by molar-refractivity contribution is 5.63. The van der Waals surface area contributed by atoms with Crippen LogP contribution < -0.4 is 4.74 Å². The standard InChI is InChI=1S/C23H24N2O2/c1-25(23-22-6-4-3-5-19(22)11-12-27-23)16-17-13-20(15-24-14-17)18-7-9-21(26-2)10-8-18/h3-10,13-15,23H,11-12,16H2,1-2H3. The summed E-state index contributed by atoms with van der Waals surface area (Å²) in [6.07, 6.45) is 4.80. The Balaban J connectivity index is 1.53. The lowest BCUT2D eigenvalue weighted by Crippen LogP contribution is -2.30. The van der Waals surface area contributed by atoms with Crippen molar-refractivity contribution in [2.75, 3.05) is 20.8 Å². The molecule has 2 heterocycles. The van der Waals surface area contributed by atoms with Crippen molar-refractivity contribution in [3.05, 3.63) is 83.7 Å². The average Bonchev–Trinajstić information content (AvgIpc) is 2.73. The minimum Gasteiger partial charge on any atom is -0.497 e. The molecule has 4 nitrogen and oxygen atoms in total. The van der Waals surface area contributed by atoms with E-state index in [1.165, 1.54) is 11.1 Å². The lowest BCUT2D eigenvalue weighted by atomic mass is 10.0. The van der Waals surface area contributed by atoms with Crippen molar-refractivity contribution in [3.8, 4) is 16.9 Å². The predicted octanol–water partition coefficient (Wildman–Crippen LogP) is 4.46. The van der Waals surface area contributed by atoms with E-state index in [-0.39, 0.29) is 6.23 Å². The molecule has 0 aliphatic carbocycles. The van der Waals surface area contributed by atoms with E-state index in [1.807, 2.05) is 24.5 Å². The third-order valence-electron chi connectivity index (χ3n) is 5.02. The molecule has 1 atom stereocenters. The Morgan fingerprint density at radius 1 is 1.07 bits per heavy atom. The van der Waals surface area contributed by atoms with Crippen LogP contribution in [0.2, 0.25) is 0 Å². The number of hydrogen-bond acceptors (Lipinski definition) is 4. The maximum absolute atomic E-state index is 6.07. The van der Waals surface area contributed by atoms with Crippen molar-refractivity contribution < 1.29 is 9.47 Å². The Kier molecular flexibility index (Phi) is 5.19. The zero-order valence-electron chi connectivity index (χ0n) is 15.8. The fourth-order valence-corrected chi connectivity index (χ4v) is 3.62. The highest BCUT2D eigenvalue weighted by Crippen LogP contribution is 2.30. The van der Waals surface area contributed by atoms with Crippen LogP contribution in [0.25, 0.3) is 11.1 Å². The maximum Gasteiger partial charge on any atom is 0.137 e. The van der Waals surface area contributed by atoms with Crippen LogP contribution in [0.5, 0.6) is 5.75 Å². The van der Waals surface area contributed by atoms with E-state index in [4.69, 9.17) is 9.47 Å². The minimum absolute atomic E-state index is 0.0143. The summed E-state index contributed by atoms with van der Waals surface area (Å²) in [6.45, 7) is 1.53. The second kappa shape index (κ2) is 7.91. The third-order valence-corrected chi connectivity index (χ3v) is 5.02. The van der Waals surface area contributed by atoms with Crippen LogP contribution in [-0.2, 0) is 17.7 Å². The summed E-state index contributed by atoms with van der Waals surface area (Å²) in [5, 5.41) is 0. The van der Waals surface area contributed by atoms with E-state index in [9.17, 15) is 0 Å². The number of methoxy groups -OCH3 is 1. The molecule has 27 heavy (non-hydrogen) atoms. The first-order chi connectivity index (χ1) is 13.2. The summed E-state index contributed by atoms with van der Waals surface area (Å²) < 4.78 is 11.3. The number of fused-ring (bicyclic) bond motifs is 1. The molecule has 1 aliphatic rings. The number of nitrogens with zero attached hydrogens (tertiary/aromatic N) is 2. The quantitative estimate of drug-likeness (QED) is 0.673. The van der Waals surface area contributed by atoms with Crippen molar-refractivity contribution in [2.45, 2.75) is 19.2 Å². The van der Waals surface area contributed by atoms with Gasteiger partial charge in [0.2, 0.25) is 0 Å². The molecular formula is C23H24N2O2. The molecule has 0 saturated carbocycles. The maximum atomic E-state index is 6.07. The van der Waals surface area contributed by atoms with Gasteiger partial charge in [-0.25, -0.2) is 0 Å². The zero-order chi connectivity index (χ0) is 18.6. The Morgan fingerprint density at radius 3 is 2.70 bits per heavy atom. The van der Waals surface area contributed by atoms with Crippen LogP contribution in [0.1, 0.15) is 22.9 Å². The molecule has 0 spiro atoms. The molecule has 0 bridgehead atoms. The Morgan fingerprint density at radius 2 is 1.89 bits per heavy atom. The number of hydrogen-bond donors (Lipinski definition) is 0. The van der Waals surface area contributed by atoms with Gasteiger partial charge in [0.1, 0.15) is 12.0 Å². The normalized spacial score (nSPS) is 16.2. The van der Waals surface area contributed by atoms with E-state index < -0.39 is 0 Å². The Labute approximate surface area is 160 Å². The lowest BCUT2D eigenvalue weighted by Gasteiger charge is -2.33. The van der Waals surface area contributed by atoms with Crippen LogP contribution in [0.4, 0.5) is 0 Å². The summed E-state index contributed by atoms with van der Waals surface area (Å²) in [5.41, 5.74) is 6.05. The van der Waals surface area contributed by atoms with Gasteiger partial charge in [0.25, 0.3) is 0 Å². The summed E-state index contributed by atoms with van der Waals surface area (Å²) in [6, 6.07) is 18.8. The first kappa shape index (κ1) is 17.7. The molecule has 0 fully saturated rings. The second-order valence-corrected chi connectivity index (χ2v) is 6.90. The summed E-state index contributed by atoms with van der Waals surface area (Å²) in [7, 11) is 3.78. The fraction of sp³-hybridized carbons (Fsp3) is 0.261. The predicted molar refractivity (Wildman–Crippen MR) is 107 cm³/mol. The van der Waals surface area contributed by atoms with Gasteiger partial charge >= 0.3 is 0 Å². The molecule has 0 saturated heterocycles. The summed E-state index contributed by atoms with van der Waals surface area (Å²) >= 11 is 0. The van der Waals surface area contributed by atoms with Crippen LogP contribution >= 0.6 is 0 Å². The van der Waals surface area contributed by atoms with E-state index in [1.54, 1.807) is 7.11 Å². The van der Waals surface area contributed by atoms with Crippen molar-refractivity contribution >= 4 is 0 Å². The molecule has 0 radical (unpaired) electrons. The molecule has 0 amide bonds. The zero-order valence-corrected chi connectivity index (χ0v) is 15.8. The summed E-state index contributed by atoms with van der Waals surface area (Å²) in [4.78, 5) is 6.69. The van der Waals surface area contributed by atoms with Crippen molar-refractivity contribution in [2.24, 2.45) is 0 Å². The van der Waals surface area contributed by atoms with Gasteiger partial charge in [0.15, 0.2) is 0 Å². The van der Waals surface area contributed by atoms with Gasteiger partial charge in [-0.2, -0.15) is 0 Å². The van der Waals surface area contributed by atoms with Gasteiger partial charge in [-0.3, -0.25) is 9.88 Å². The number of rotatable bonds is 5. The molecule has 1 aliphatic heterocycles. The second-order valence-electron chi connectivity index (χ2n) is 6.90. The Hall–Kier alpha value is -2.69. The van der Waals surface area contributed by atoms with E-state index in [2.05, 4.69) is 59.4 Å². The first-order valence-corrected chi connectivity index (χ1v) is 9.22. The molecule has 1 aromatic heterocycles. The SMILES string of the molecule is COc1ccc(-c2cncc(CN(C)C3OCCc4ccccc43)c2)cc1. The summed E-state index contributed by atoms with van der Waals surface area (Å²) in [5.74, 6) is 0.857. The van der Waals surface area contributed by atoms with Gasteiger partial charge in [-0.1, -0.05) is 36.4 Å². The largest absolute Gasteiger partial charge is 0.497 e. The highest BCUT2D eigenvalue weighted by Gasteiger charge is 2.24. The molecular weight excluding hydrogens is 336 g/mol. The van der Waals surface area contributed by atoms with Gasteiger partial charge in [-0.05, 0) is 53.9 Å². The van der Waals surface area contributed by atoms with Crippen molar-refractivity contribution in [3.63, 3.8) is 0 Å². The van der Waals surface area contributed by atoms with E-state index in [0.29, 0.717) is 0 Å². The average molecular weight is 360 g/mol. The van der Waals surface area contributed by atoms with Crippen LogP contribution in [-0.4, -0.2) is 30.6 Å². The smallest absolute Gasteiger partial charge is 0.137 e. The van der Waals surface area contributed by atoms with Gasteiger partial charge < -0.3 is 9.47 Å². The molecule has 2 aromatic carbocycles. The monoisotopic (exact) mass is 360 g/mol. The molecule has 3 aromatic rings. The minimum atomic E-state index is -0.0143. The molecule has 1 unspecified atom stereocenters. The number of aromatic nitrogens is 1. The van der Waals surface area contributed by atoms with Gasteiger partial charge in [0.05, 0.1) is 13.7 Å². The third kappa shape index (κ3) is 3.87. The first-order valence-electron chi connectivity index (χ1n) is 9.22. The molecule has 138 valence electrons. The van der Waals surface area contributed by atoms with Crippen LogP contribution in [0, 0.1) is 0 Å². The number of pyridine rings is 1. The Bertz CT molecular complexity index is 908. The van der Waals surface area contributed by atoms with Crippen LogP contribution in [0.15, 0.2) is 67.0 Å². The molecule has 4 heteroatoms. The fourth-order valence-electron chi connectivity index (χ4n) is 3.62. The molecule has 4 rings (SSSR count). The molecule has 0 N–H and O–H groups in total. The van der Waals surface area contributed by atoms with Crippen molar-refractivity contribution in [1.29, 1.82) is 0 Å². The number of ether oxygens (including phenoxy) is 2. The van der Waals surface area contributed by atoms with Gasteiger partial charge in [-0.15, -0.1) is 0 Å². The lowest BCUT2D eigenvalue weighted by molar-refractivity contribution is -0.0625. The van der Waals surface area contributed by atoms with Crippen molar-refractivity contribution in [1.82, 2.24) is 9.88 Å². The van der Waals surface area contributed by atoms with E-state index in [0.717, 1.165) is 42.0 Å².